The Kier molecular flexibility index (Phi) is 3.92. The molecule has 5 heteroatoms. The third-order valence-corrected chi connectivity index (χ3v) is 3.28. The van der Waals surface area contributed by atoms with Crippen LogP contribution in [0.4, 0.5) is 5.69 Å². The van der Waals surface area contributed by atoms with Gasteiger partial charge in [-0.05, 0) is 42.5 Å². The lowest BCUT2D eigenvalue weighted by molar-refractivity contribution is 0.102. The molecule has 110 valence electrons. The maximum absolute atomic E-state index is 12.3. The zero-order valence-corrected chi connectivity index (χ0v) is 11.8. The number of carbonyl (C=O) groups excluding carboxylic acids is 1. The molecule has 0 saturated carbocycles. The van der Waals surface area contributed by atoms with Crippen LogP contribution in [0.15, 0.2) is 42.5 Å². The van der Waals surface area contributed by atoms with Gasteiger partial charge in [0.1, 0.15) is 0 Å². The van der Waals surface area contributed by atoms with Crippen molar-refractivity contribution in [2.75, 3.05) is 18.5 Å². The molecule has 0 radical (unpaired) electrons. The predicted octanol–water partition coefficient (Wildman–Crippen LogP) is 2.97. The maximum atomic E-state index is 12.3. The first-order chi connectivity index (χ1) is 10.8. The van der Waals surface area contributed by atoms with E-state index < -0.39 is 0 Å². The fraction of sp³-hybridized carbons (Fsp3) is 0.176. The van der Waals surface area contributed by atoms with Crippen LogP contribution in [-0.4, -0.2) is 19.1 Å². The number of benzene rings is 2. The first kappa shape index (κ1) is 14.0. The molecule has 5 nitrogen and oxygen atoms in total. The second-order valence-electron chi connectivity index (χ2n) is 4.86. The third-order valence-electron chi connectivity index (χ3n) is 3.28. The van der Waals surface area contributed by atoms with Gasteiger partial charge in [-0.1, -0.05) is 0 Å². The van der Waals surface area contributed by atoms with Crippen LogP contribution < -0.4 is 14.8 Å². The average molecular weight is 294 g/mol. The summed E-state index contributed by atoms with van der Waals surface area (Å²) in [5.41, 5.74) is 1.68. The number of ether oxygens (including phenoxy) is 2. The van der Waals surface area contributed by atoms with Gasteiger partial charge in [0, 0.05) is 17.7 Å². The van der Waals surface area contributed by atoms with Gasteiger partial charge in [0.15, 0.2) is 11.5 Å². The standard InChI is InChI=1S/C17H14N2O3/c18-11-12-2-5-14(6-3-12)19-17(20)13-4-7-15-16(10-13)22-9-1-8-21-15/h2-7,10H,1,8-9H2,(H,19,20). The summed E-state index contributed by atoms with van der Waals surface area (Å²) in [4.78, 5) is 12.3. The number of fused-ring (bicyclic) bond motifs is 1. The summed E-state index contributed by atoms with van der Waals surface area (Å²) in [6, 6.07) is 13.9. The summed E-state index contributed by atoms with van der Waals surface area (Å²) < 4.78 is 11.1. The van der Waals surface area contributed by atoms with Gasteiger partial charge in [-0.3, -0.25) is 4.79 Å². The number of hydrogen-bond donors (Lipinski definition) is 1. The minimum Gasteiger partial charge on any atom is -0.490 e. The highest BCUT2D eigenvalue weighted by molar-refractivity contribution is 6.04. The largest absolute Gasteiger partial charge is 0.490 e. The van der Waals surface area contributed by atoms with Crippen molar-refractivity contribution >= 4 is 11.6 Å². The number of rotatable bonds is 2. The Morgan fingerprint density at radius 3 is 2.50 bits per heavy atom. The summed E-state index contributed by atoms with van der Waals surface area (Å²) in [6.45, 7) is 1.19. The third kappa shape index (κ3) is 3.01. The van der Waals surface area contributed by atoms with E-state index in [1.54, 1.807) is 42.5 Å². The normalized spacial score (nSPS) is 12.9. The Labute approximate surface area is 128 Å². The highest BCUT2D eigenvalue weighted by Crippen LogP contribution is 2.30. The van der Waals surface area contributed by atoms with E-state index in [1.807, 2.05) is 6.07 Å². The summed E-state index contributed by atoms with van der Waals surface area (Å²) in [7, 11) is 0. The molecule has 0 bridgehead atoms. The Morgan fingerprint density at radius 2 is 1.77 bits per heavy atom. The van der Waals surface area contributed by atoms with Gasteiger partial charge in [0.05, 0.1) is 24.8 Å². The Bertz CT molecular complexity index is 733. The second-order valence-corrected chi connectivity index (χ2v) is 4.86. The zero-order valence-electron chi connectivity index (χ0n) is 11.8. The molecular formula is C17H14N2O3. The van der Waals surface area contributed by atoms with Crippen molar-refractivity contribution in [3.63, 3.8) is 0 Å². The van der Waals surface area contributed by atoms with Crippen LogP contribution >= 0.6 is 0 Å². The Balaban J connectivity index is 1.77. The fourth-order valence-electron chi connectivity index (χ4n) is 2.14. The van der Waals surface area contributed by atoms with Crippen LogP contribution in [0.1, 0.15) is 22.3 Å². The van der Waals surface area contributed by atoms with Gasteiger partial charge in [-0.15, -0.1) is 0 Å². The van der Waals surface area contributed by atoms with Gasteiger partial charge in [-0.2, -0.15) is 5.26 Å². The summed E-state index contributed by atoms with van der Waals surface area (Å²) in [5, 5.41) is 11.5. The van der Waals surface area contributed by atoms with E-state index in [1.165, 1.54) is 0 Å². The van der Waals surface area contributed by atoms with Crippen molar-refractivity contribution in [1.29, 1.82) is 5.26 Å². The first-order valence-corrected chi connectivity index (χ1v) is 6.97. The van der Waals surface area contributed by atoms with E-state index in [2.05, 4.69) is 5.32 Å². The summed E-state index contributed by atoms with van der Waals surface area (Å²) in [6.07, 6.45) is 0.821. The molecule has 2 aromatic carbocycles. The molecule has 0 aliphatic carbocycles. The quantitative estimate of drug-likeness (QED) is 0.924. The first-order valence-electron chi connectivity index (χ1n) is 6.97. The van der Waals surface area contributed by atoms with Crippen LogP contribution in [0.5, 0.6) is 11.5 Å². The lowest BCUT2D eigenvalue weighted by atomic mass is 10.1. The van der Waals surface area contributed by atoms with E-state index in [0.717, 1.165) is 6.42 Å². The van der Waals surface area contributed by atoms with Crippen LogP contribution in [0, 0.1) is 11.3 Å². The number of hydrogen-bond acceptors (Lipinski definition) is 4. The minimum atomic E-state index is -0.236. The van der Waals surface area contributed by atoms with Gasteiger partial charge in [0.2, 0.25) is 0 Å². The molecule has 3 rings (SSSR count). The van der Waals surface area contributed by atoms with E-state index in [-0.39, 0.29) is 5.91 Å². The number of amides is 1. The molecule has 1 N–H and O–H groups in total. The smallest absolute Gasteiger partial charge is 0.255 e. The highest BCUT2D eigenvalue weighted by atomic mass is 16.5. The average Bonchev–Trinajstić information content (AvgIpc) is 2.80. The molecule has 0 atom stereocenters. The van der Waals surface area contributed by atoms with E-state index >= 15 is 0 Å². The van der Waals surface area contributed by atoms with Crippen molar-refractivity contribution in [2.45, 2.75) is 6.42 Å². The van der Waals surface area contributed by atoms with E-state index in [0.29, 0.717) is 41.5 Å². The van der Waals surface area contributed by atoms with Crippen molar-refractivity contribution < 1.29 is 14.3 Å². The second kappa shape index (κ2) is 6.19. The molecule has 1 amide bonds. The number of nitrogens with zero attached hydrogens (tertiary/aromatic N) is 1. The number of nitriles is 1. The van der Waals surface area contributed by atoms with Crippen LogP contribution in [0.3, 0.4) is 0 Å². The maximum Gasteiger partial charge on any atom is 0.255 e. The molecule has 22 heavy (non-hydrogen) atoms. The van der Waals surface area contributed by atoms with Gasteiger partial charge < -0.3 is 14.8 Å². The molecular weight excluding hydrogens is 280 g/mol. The van der Waals surface area contributed by atoms with Crippen LogP contribution in [0.25, 0.3) is 0 Å². The van der Waals surface area contributed by atoms with E-state index in [4.69, 9.17) is 14.7 Å². The van der Waals surface area contributed by atoms with Crippen molar-refractivity contribution in [3.8, 4) is 17.6 Å². The molecule has 0 saturated heterocycles. The molecule has 1 heterocycles. The summed E-state index contributed by atoms with van der Waals surface area (Å²) in [5.74, 6) is 1.01. The predicted molar refractivity (Wildman–Crippen MR) is 81.2 cm³/mol. The Morgan fingerprint density at radius 1 is 1.05 bits per heavy atom. The van der Waals surface area contributed by atoms with E-state index in [9.17, 15) is 4.79 Å². The molecule has 0 unspecified atom stereocenters. The lowest BCUT2D eigenvalue weighted by Crippen LogP contribution is -2.12. The number of nitrogens with one attached hydrogen (secondary N) is 1. The topological polar surface area (TPSA) is 71.4 Å². The summed E-state index contributed by atoms with van der Waals surface area (Å²) >= 11 is 0. The minimum absolute atomic E-state index is 0.236. The monoisotopic (exact) mass is 294 g/mol. The SMILES string of the molecule is N#Cc1ccc(NC(=O)c2ccc3c(c2)OCCCO3)cc1. The molecule has 0 aromatic heterocycles. The van der Waals surface area contributed by atoms with Crippen LogP contribution in [-0.2, 0) is 0 Å². The molecule has 2 aromatic rings. The van der Waals surface area contributed by atoms with Crippen molar-refractivity contribution in [2.24, 2.45) is 0 Å². The molecule has 1 aliphatic rings. The fourth-order valence-corrected chi connectivity index (χ4v) is 2.14. The highest BCUT2D eigenvalue weighted by Gasteiger charge is 2.14. The van der Waals surface area contributed by atoms with Crippen molar-refractivity contribution in [3.05, 3.63) is 53.6 Å². The lowest BCUT2D eigenvalue weighted by Gasteiger charge is -2.10. The van der Waals surface area contributed by atoms with Gasteiger partial charge in [-0.25, -0.2) is 0 Å². The molecule has 1 aliphatic heterocycles. The Hall–Kier alpha value is -3.00. The van der Waals surface area contributed by atoms with Gasteiger partial charge >= 0.3 is 0 Å². The molecule has 0 fully saturated rings. The van der Waals surface area contributed by atoms with Gasteiger partial charge in [0.25, 0.3) is 5.91 Å². The van der Waals surface area contributed by atoms with Crippen molar-refractivity contribution in [1.82, 2.24) is 0 Å². The zero-order chi connectivity index (χ0) is 15.4. The molecule has 0 spiro atoms. The number of anilines is 1. The van der Waals surface area contributed by atoms with Crippen LogP contribution in [0.2, 0.25) is 0 Å². The number of carbonyl (C=O) groups is 1.